The van der Waals surface area contributed by atoms with Crippen LogP contribution in [0.2, 0.25) is 0 Å². The Morgan fingerprint density at radius 1 is 0.640 bits per heavy atom. The summed E-state index contributed by atoms with van der Waals surface area (Å²) >= 11 is 0. The summed E-state index contributed by atoms with van der Waals surface area (Å²) < 4.78 is 0. The molecule has 0 amide bonds. The lowest BCUT2D eigenvalue weighted by Gasteiger charge is -2.17. The van der Waals surface area contributed by atoms with E-state index in [9.17, 15) is 9.59 Å². The Hall–Kier alpha value is -3.60. The first kappa shape index (κ1) is 15.0. The van der Waals surface area contributed by atoms with Crippen molar-refractivity contribution in [1.29, 1.82) is 0 Å². The highest BCUT2D eigenvalue weighted by Gasteiger charge is 2.29. The van der Waals surface area contributed by atoms with Gasteiger partial charge in [-0.05, 0) is 30.3 Å². The fourth-order valence-electron chi connectivity index (χ4n) is 2.80. The number of hydrogen-bond donors (Lipinski definition) is 1. The minimum absolute atomic E-state index is 0.136. The van der Waals surface area contributed by atoms with E-state index in [0.29, 0.717) is 33.6 Å². The van der Waals surface area contributed by atoms with Crippen molar-refractivity contribution < 1.29 is 9.59 Å². The maximum Gasteiger partial charge on any atom is 0.194 e. The van der Waals surface area contributed by atoms with Crippen LogP contribution in [-0.4, -0.2) is 11.6 Å². The minimum atomic E-state index is -0.158. The van der Waals surface area contributed by atoms with Crippen LogP contribution >= 0.6 is 0 Å². The van der Waals surface area contributed by atoms with Crippen LogP contribution in [0.25, 0.3) is 0 Å². The zero-order valence-electron chi connectivity index (χ0n) is 13.1. The molecule has 0 saturated heterocycles. The monoisotopic (exact) mass is 327 g/mol. The number of hydrogen-bond acceptors (Lipinski definition) is 4. The second-order valence-electron chi connectivity index (χ2n) is 5.61. The summed E-state index contributed by atoms with van der Waals surface area (Å²) in [4.78, 5) is 25.2. The van der Waals surface area contributed by atoms with Gasteiger partial charge >= 0.3 is 0 Å². The molecule has 0 fully saturated rings. The molecule has 1 aliphatic rings. The molecule has 3 aromatic carbocycles. The van der Waals surface area contributed by atoms with Crippen molar-refractivity contribution in [2.75, 3.05) is 5.43 Å². The topological polar surface area (TPSA) is 70.9 Å². The average molecular weight is 327 g/mol. The van der Waals surface area contributed by atoms with E-state index >= 15 is 0 Å². The molecule has 1 aliphatic carbocycles. The van der Waals surface area contributed by atoms with Gasteiger partial charge < -0.3 is 0 Å². The van der Waals surface area contributed by atoms with Crippen molar-refractivity contribution in [3.63, 3.8) is 0 Å². The first-order valence-electron chi connectivity index (χ1n) is 7.78. The van der Waals surface area contributed by atoms with E-state index in [2.05, 4.69) is 15.8 Å². The van der Waals surface area contributed by atoms with Crippen molar-refractivity contribution in [2.24, 2.45) is 10.3 Å². The van der Waals surface area contributed by atoms with Gasteiger partial charge in [-0.15, -0.1) is 5.11 Å². The summed E-state index contributed by atoms with van der Waals surface area (Å²) in [7, 11) is 0. The molecule has 0 spiro atoms. The van der Waals surface area contributed by atoms with E-state index in [1.165, 1.54) is 0 Å². The Morgan fingerprint density at radius 3 is 1.96 bits per heavy atom. The predicted octanol–water partition coefficient (Wildman–Crippen LogP) is 4.57. The highest BCUT2D eigenvalue weighted by molar-refractivity contribution is 6.28. The molecule has 0 aliphatic heterocycles. The normalized spacial score (nSPS) is 12.8. The lowest BCUT2D eigenvalue weighted by molar-refractivity contribution is 0.0979. The van der Waals surface area contributed by atoms with E-state index < -0.39 is 0 Å². The Balaban J connectivity index is 1.63. The Morgan fingerprint density at radius 2 is 1.24 bits per heavy atom. The largest absolute Gasteiger partial charge is 0.289 e. The van der Waals surface area contributed by atoms with Gasteiger partial charge in [-0.3, -0.25) is 15.0 Å². The summed E-state index contributed by atoms with van der Waals surface area (Å²) in [5.41, 5.74) is 5.78. The molecule has 3 aromatic rings. The SMILES string of the molecule is O=C1c2ccccc2C(=O)c2cc(NN=Nc3ccccc3)ccc21. The van der Waals surface area contributed by atoms with Crippen LogP contribution in [0.1, 0.15) is 31.8 Å². The zero-order valence-corrected chi connectivity index (χ0v) is 13.1. The molecule has 0 atom stereocenters. The summed E-state index contributed by atoms with van der Waals surface area (Å²) in [6.07, 6.45) is 0. The highest BCUT2D eigenvalue weighted by atomic mass is 16.1. The van der Waals surface area contributed by atoms with E-state index in [4.69, 9.17) is 0 Å². The summed E-state index contributed by atoms with van der Waals surface area (Å²) in [5, 5.41) is 7.97. The van der Waals surface area contributed by atoms with Crippen LogP contribution in [-0.2, 0) is 0 Å². The number of benzene rings is 3. The molecular formula is C20H13N3O2. The summed E-state index contributed by atoms with van der Waals surface area (Å²) in [6.45, 7) is 0. The Bertz CT molecular complexity index is 1010. The number of ketones is 2. The lowest BCUT2D eigenvalue weighted by atomic mass is 9.84. The van der Waals surface area contributed by atoms with Gasteiger partial charge in [0.1, 0.15) is 0 Å². The highest BCUT2D eigenvalue weighted by Crippen LogP contribution is 2.29. The third-order valence-electron chi connectivity index (χ3n) is 4.03. The summed E-state index contributed by atoms with van der Waals surface area (Å²) in [5.74, 6) is -0.295. The molecule has 0 saturated carbocycles. The van der Waals surface area contributed by atoms with Crippen molar-refractivity contribution >= 4 is 22.9 Å². The second-order valence-corrected chi connectivity index (χ2v) is 5.61. The van der Waals surface area contributed by atoms with Crippen molar-refractivity contribution in [2.45, 2.75) is 0 Å². The molecule has 0 aromatic heterocycles. The lowest BCUT2D eigenvalue weighted by Crippen LogP contribution is -2.20. The number of nitrogens with one attached hydrogen (secondary N) is 1. The van der Waals surface area contributed by atoms with Gasteiger partial charge in [-0.25, -0.2) is 0 Å². The molecule has 1 N–H and O–H groups in total. The molecule has 0 bridgehead atoms. The van der Waals surface area contributed by atoms with Crippen molar-refractivity contribution in [3.8, 4) is 0 Å². The predicted molar refractivity (Wildman–Crippen MR) is 94.3 cm³/mol. The van der Waals surface area contributed by atoms with Crippen LogP contribution in [0.15, 0.2) is 83.1 Å². The summed E-state index contributed by atoms with van der Waals surface area (Å²) in [6, 6.07) is 21.2. The Kier molecular flexibility index (Phi) is 3.67. The van der Waals surface area contributed by atoms with Gasteiger partial charge in [0, 0.05) is 22.3 Å². The van der Waals surface area contributed by atoms with E-state index in [1.807, 2.05) is 30.3 Å². The van der Waals surface area contributed by atoms with E-state index in [-0.39, 0.29) is 11.6 Å². The molecule has 5 nitrogen and oxygen atoms in total. The third-order valence-corrected chi connectivity index (χ3v) is 4.03. The number of anilines is 1. The molecule has 120 valence electrons. The van der Waals surface area contributed by atoms with Gasteiger partial charge in [-0.2, -0.15) is 0 Å². The molecular weight excluding hydrogens is 314 g/mol. The van der Waals surface area contributed by atoms with Gasteiger partial charge in [0.05, 0.1) is 11.4 Å². The van der Waals surface area contributed by atoms with Crippen LogP contribution in [0.4, 0.5) is 11.4 Å². The van der Waals surface area contributed by atoms with E-state index in [0.717, 1.165) is 0 Å². The standard InChI is InChI=1S/C20H13N3O2/c24-19-15-8-4-5-9-16(15)20(25)18-12-14(10-11-17(18)19)22-23-21-13-6-2-1-3-7-13/h1-12H,(H,21,22). The van der Waals surface area contributed by atoms with Gasteiger partial charge in [-0.1, -0.05) is 47.7 Å². The maximum absolute atomic E-state index is 12.7. The fourth-order valence-corrected chi connectivity index (χ4v) is 2.80. The van der Waals surface area contributed by atoms with Gasteiger partial charge in [0.15, 0.2) is 11.6 Å². The zero-order chi connectivity index (χ0) is 17.2. The second kappa shape index (κ2) is 6.13. The van der Waals surface area contributed by atoms with Crippen LogP contribution in [0, 0.1) is 0 Å². The van der Waals surface area contributed by atoms with Crippen LogP contribution in [0.5, 0.6) is 0 Å². The van der Waals surface area contributed by atoms with Crippen LogP contribution in [0.3, 0.4) is 0 Å². The number of carbonyl (C=O) groups excluding carboxylic acids is 2. The molecule has 25 heavy (non-hydrogen) atoms. The molecule has 0 heterocycles. The molecule has 4 rings (SSSR count). The van der Waals surface area contributed by atoms with Gasteiger partial charge in [0.2, 0.25) is 0 Å². The van der Waals surface area contributed by atoms with Gasteiger partial charge in [0.25, 0.3) is 0 Å². The van der Waals surface area contributed by atoms with Crippen LogP contribution < -0.4 is 5.43 Å². The number of nitrogens with zero attached hydrogens (tertiary/aromatic N) is 2. The third kappa shape index (κ3) is 2.72. The average Bonchev–Trinajstić information content (AvgIpc) is 2.67. The van der Waals surface area contributed by atoms with E-state index in [1.54, 1.807) is 42.5 Å². The Labute approximate surface area is 144 Å². The quantitative estimate of drug-likeness (QED) is 0.442. The minimum Gasteiger partial charge on any atom is -0.289 e. The smallest absolute Gasteiger partial charge is 0.194 e. The first-order chi connectivity index (χ1) is 12.2. The number of carbonyl (C=O) groups is 2. The number of rotatable bonds is 3. The first-order valence-corrected chi connectivity index (χ1v) is 7.78. The molecule has 0 radical (unpaired) electrons. The van der Waals surface area contributed by atoms with Crippen molar-refractivity contribution in [3.05, 3.63) is 95.1 Å². The molecule has 0 unspecified atom stereocenters. The fraction of sp³-hybridized carbons (Fsp3) is 0. The maximum atomic E-state index is 12.7. The molecule has 5 heteroatoms. The van der Waals surface area contributed by atoms with Crippen molar-refractivity contribution in [1.82, 2.24) is 0 Å². The number of fused-ring (bicyclic) bond motifs is 2.